The van der Waals surface area contributed by atoms with E-state index in [-0.39, 0.29) is 4.88 Å². The first-order valence-electron chi connectivity index (χ1n) is 3.26. The summed E-state index contributed by atoms with van der Waals surface area (Å²) in [5.74, 6) is -1.04. The molecule has 0 fully saturated rings. The van der Waals surface area contributed by atoms with Gasteiger partial charge in [-0.1, -0.05) is 0 Å². The van der Waals surface area contributed by atoms with Crippen molar-refractivity contribution < 1.29 is 22.9 Å². The fourth-order valence-electron chi connectivity index (χ4n) is 0.704. The van der Waals surface area contributed by atoms with Gasteiger partial charge in [0.1, 0.15) is 0 Å². The van der Waals surface area contributed by atoms with E-state index in [0.29, 0.717) is 3.79 Å². The van der Waals surface area contributed by atoms with Crippen LogP contribution in [0.1, 0.15) is 9.67 Å². The molecule has 78 valence electrons. The van der Waals surface area contributed by atoms with E-state index in [1.165, 1.54) is 12.1 Å². The van der Waals surface area contributed by atoms with Crippen molar-refractivity contribution in [2.75, 3.05) is 0 Å². The van der Waals surface area contributed by atoms with Crippen molar-refractivity contribution in [2.45, 2.75) is 5.44 Å². The molecule has 0 aliphatic heterocycles. The standard InChI is InChI=1S/C6H5BrO5S2/c7-4-2-1-3(13-4)5(8)6(9)14(10,11)12/h1-2,6,9H,(H,10,11,12). The maximum Gasteiger partial charge on any atom is 0.300 e. The third kappa shape index (κ3) is 2.61. The summed E-state index contributed by atoms with van der Waals surface area (Å²) in [7, 11) is -4.74. The van der Waals surface area contributed by atoms with E-state index < -0.39 is 21.3 Å². The first-order chi connectivity index (χ1) is 6.32. The van der Waals surface area contributed by atoms with E-state index in [0.717, 1.165) is 11.3 Å². The van der Waals surface area contributed by atoms with Gasteiger partial charge < -0.3 is 5.11 Å². The highest BCUT2D eigenvalue weighted by atomic mass is 79.9. The molecule has 1 aromatic rings. The first-order valence-corrected chi connectivity index (χ1v) is 6.37. The average molecular weight is 301 g/mol. The molecular weight excluding hydrogens is 296 g/mol. The van der Waals surface area contributed by atoms with Gasteiger partial charge in [0, 0.05) is 0 Å². The Balaban J connectivity index is 2.98. The van der Waals surface area contributed by atoms with Gasteiger partial charge >= 0.3 is 0 Å². The molecule has 0 amide bonds. The normalized spacial score (nSPS) is 13.9. The molecular formula is C6H5BrO5S2. The highest BCUT2D eigenvalue weighted by Gasteiger charge is 2.29. The van der Waals surface area contributed by atoms with E-state index in [1.807, 2.05) is 0 Å². The molecule has 8 heteroatoms. The molecule has 0 spiro atoms. The molecule has 5 nitrogen and oxygen atoms in total. The Labute approximate surface area is 92.3 Å². The van der Waals surface area contributed by atoms with Crippen molar-refractivity contribution in [1.82, 2.24) is 0 Å². The highest BCUT2D eigenvalue weighted by molar-refractivity contribution is 9.11. The zero-order valence-electron chi connectivity index (χ0n) is 6.55. The minimum absolute atomic E-state index is 0.0574. The maximum atomic E-state index is 11.2. The molecule has 1 aromatic heterocycles. The Bertz CT molecular complexity index is 449. The topological polar surface area (TPSA) is 91.7 Å². The lowest BCUT2D eigenvalue weighted by atomic mass is 10.3. The molecule has 1 atom stereocenters. The molecule has 0 bridgehead atoms. The summed E-state index contributed by atoms with van der Waals surface area (Å²) in [5.41, 5.74) is -2.41. The number of hydrogen-bond acceptors (Lipinski definition) is 5. The Morgan fingerprint density at radius 3 is 2.43 bits per heavy atom. The molecule has 1 unspecified atom stereocenters. The van der Waals surface area contributed by atoms with E-state index in [1.54, 1.807) is 0 Å². The van der Waals surface area contributed by atoms with Crippen molar-refractivity contribution in [3.8, 4) is 0 Å². The van der Waals surface area contributed by atoms with E-state index in [4.69, 9.17) is 9.66 Å². The number of carbonyl (C=O) groups is 1. The smallest absolute Gasteiger partial charge is 0.300 e. The summed E-state index contributed by atoms with van der Waals surface area (Å²) in [6, 6.07) is 2.89. The summed E-state index contributed by atoms with van der Waals surface area (Å²) >= 11 is 4.04. The lowest BCUT2D eigenvalue weighted by Crippen LogP contribution is -2.28. The summed E-state index contributed by atoms with van der Waals surface area (Å²) < 4.78 is 29.9. The lowest BCUT2D eigenvalue weighted by Gasteiger charge is -2.03. The molecule has 0 radical (unpaired) electrons. The van der Waals surface area contributed by atoms with Crippen LogP contribution in [0.25, 0.3) is 0 Å². The van der Waals surface area contributed by atoms with Crippen LogP contribution in [0, 0.1) is 0 Å². The quantitative estimate of drug-likeness (QED) is 0.639. The number of ketones is 1. The predicted octanol–water partition coefficient (Wildman–Crippen LogP) is 0.899. The summed E-state index contributed by atoms with van der Waals surface area (Å²) in [6.45, 7) is 0. The number of rotatable bonds is 3. The van der Waals surface area contributed by atoms with Gasteiger partial charge in [0.25, 0.3) is 10.1 Å². The molecule has 1 rings (SSSR count). The van der Waals surface area contributed by atoms with Gasteiger partial charge in [0.15, 0.2) is 0 Å². The van der Waals surface area contributed by atoms with Crippen molar-refractivity contribution in [3.05, 3.63) is 20.8 Å². The van der Waals surface area contributed by atoms with Crippen LogP contribution in [0.2, 0.25) is 0 Å². The second-order valence-corrected chi connectivity index (χ2v) is 6.27. The average Bonchev–Trinajstić information content (AvgIpc) is 2.47. The number of halogens is 1. The molecule has 1 heterocycles. The monoisotopic (exact) mass is 300 g/mol. The summed E-state index contributed by atoms with van der Waals surface area (Å²) in [5, 5.41) is 8.92. The first kappa shape index (κ1) is 11.8. The van der Waals surface area contributed by atoms with E-state index >= 15 is 0 Å². The van der Waals surface area contributed by atoms with Crippen LogP contribution in [0.5, 0.6) is 0 Å². The van der Waals surface area contributed by atoms with Crippen LogP contribution in [0.3, 0.4) is 0 Å². The number of thiophene rings is 1. The van der Waals surface area contributed by atoms with Crippen molar-refractivity contribution in [2.24, 2.45) is 0 Å². The molecule has 0 aliphatic carbocycles. The van der Waals surface area contributed by atoms with Gasteiger partial charge in [-0.05, 0) is 28.1 Å². The minimum atomic E-state index is -4.74. The van der Waals surface area contributed by atoms with E-state index in [9.17, 15) is 13.2 Å². The number of aliphatic hydroxyl groups is 1. The van der Waals surface area contributed by atoms with E-state index in [2.05, 4.69) is 15.9 Å². The van der Waals surface area contributed by atoms with Crippen LogP contribution in [0.15, 0.2) is 15.9 Å². The molecule has 14 heavy (non-hydrogen) atoms. The Morgan fingerprint density at radius 1 is 1.50 bits per heavy atom. The van der Waals surface area contributed by atoms with Gasteiger partial charge in [0.05, 0.1) is 8.66 Å². The van der Waals surface area contributed by atoms with Crippen molar-refractivity contribution in [1.29, 1.82) is 0 Å². The van der Waals surface area contributed by atoms with Crippen LogP contribution >= 0.6 is 27.3 Å². The SMILES string of the molecule is O=C(c1ccc(Br)s1)C(O)S(=O)(=O)O. The summed E-state index contributed by atoms with van der Waals surface area (Å²) in [4.78, 5) is 11.3. The predicted molar refractivity (Wildman–Crippen MR) is 53.9 cm³/mol. The van der Waals surface area contributed by atoms with Gasteiger partial charge in [0.2, 0.25) is 11.2 Å². The van der Waals surface area contributed by atoms with Crippen LogP contribution in [-0.4, -0.2) is 29.3 Å². The number of aliphatic hydroxyl groups excluding tert-OH is 1. The number of Topliss-reactive ketones (excluding diaryl/α,β-unsaturated/α-hetero) is 1. The second-order valence-electron chi connectivity index (χ2n) is 2.34. The third-order valence-corrected chi connectivity index (χ3v) is 3.74. The zero-order chi connectivity index (χ0) is 10.9. The maximum absolute atomic E-state index is 11.2. The van der Waals surface area contributed by atoms with Crippen LogP contribution < -0.4 is 0 Å². The van der Waals surface area contributed by atoms with Crippen LogP contribution in [0.4, 0.5) is 0 Å². The van der Waals surface area contributed by atoms with Crippen LogP contribution in [-0.2, 0) is 10.1 Å². The minimum Gasteiger partial charge on any atom is -0.369 e. The van der Waals surface area contributed by atoms with Crippen molar-refractivity contribution >= 4 is 43.2 Å². The Kier molecular flexibility index (Phi) is 3.43. The lowest BCUT2D eigenvalue weighted by molar-refractivity contribution is 0.0853. The fraction of sp³-hybridized carbons (Fsp3) is 0.167. The fourth-order valence-corrected chi connectivity index (χ4v) is 2.53. The molecule has 0 saturated heterocycles. The third-order valence-electron chi connectivity index (χ3n) is 1.32. The van der Waals surface area contributed by atoms with Crippen molar-refractivity contribution in [3.63, 3.8) is 0 Å². The number of carbonyl (C=O) groups excluding carboxylic acids is 1. The molecule has 0 aromatic carbocycles. The molecule has 2 N–H and O–H groups in total. The second kappa shape index (κ2) is 4.07. The highest BCUT2D eigenvalue weighted by Crippen LogP contribution is 2.23. The Hall–Kier alpha value is -0.280. The van der Waals surface area contributed by atoms with Gasteiger partial charge in [-0.2, -0.15) is 8.42 Å². The summed E-state index contributed by atoms with van der Waals surface area (Å²) in [6.07, 6.45) is 0. The molecule has 0 saturated carbocycles. The van der Waals surface area contributed by atoms with Gasteiger partial charge in [-0.3, -0.25) is 9.35 Å². The zero-order valence-corrected chi connectivity index (χ0v) is 9.76. The Morgan fingerprint density at radius 2 is 2.07 bits per heavy atom. The molecule has 0 aliphatic rings. The number of hydrogen-bond donors (Lipinski definition) is 2. The van der Waals surface area contributed by atoms with Gasteiger partial charge in [-0.15, -0.1) is 11.3 Å². The van der Waals surface area contributed by atoms with Gasteiger partial charge in [-0.25, -0.2) is 0 Å². The largest absolute Gasteiger partial charge is 0.369 e.